The van der Waals surface area contributed by atoms with Crippen molar-refractivity contribution in [3.8, 4) is 0 Å². The Kier molecular flexibility index (Phi) is 4.85. The van der Waals surface area contributed by atoms with E-state index in [1.165, 1.54) is 6.33 Å². The van der Waals surface area contributed by atoms with Crippen LogP contribution in [0.5, 0.6) is 0 Å². The Balaban J connectivity index is 1.53. The predicted molar refractivity (Wildman–Crippen MR) is 82.0 cm³/mol. The summed E-state index contributed by atoms with van der Waals surface area (Å²) in [5.41, 5.74) is 0.650. The first-order valence-corrected chi connectivity index (χ1v) is 7.62. The molecule has 0 atom stereocenters. The molecule has 0 radical (unpaired) electrons. The molecule has 1 aromatic heterocycles. The van der Waals surface area contributed by atoms with E-state index in [0.29, 0.717) is 18.9 Å². The normalized spacial score (nSPS) is 17.8. The fourth-order valence-electron chi connectivity index (χ4n) is 2.45. The van der Waals surface area contributed by atoms with E-state index in [1.807, 2.05) is 0 Å². The molecule has 3 heterocycles. The zero-order valence-electron chi connectivity index (χ0n) is 13.0. The molecule has 2 N–H and O–H groups in total. The van der Waals surface area contributed by atoms with Crippen molar-refractivity contribution in [1.29, 1.82) is 0 Å². The fourth-order valence-corrected chi connectivity index (χ4v) is 2.45. The molecule has 2 fully saturated rings. The number of rotatable bonds is 5. The molecule has 10 nitrogen and oxygen atoms in total. The summed E-state index contributed by atoms with van der Waals surface area (Å²) in [6.07, 6.45) is 1.45. The number of anilines is 1. The minimum atomic E-state index is -0.549. The Morgan fingerprint density at radius 1 is 1.29 bits per heavy atom. The Bertz CT molecular complexity index is 630. The largest absolute Gasteiger partial charge is 0.378 e. The molecule has 2 saturated heterocycles. The van der Waals surface area contributed by atoms with Gasteiger partial charge in [-0.05, 0) is 0 Å². The van der Waals surface area contributed by atoms with E-state index in [4.69, 9.17) is 4.74 Å². The summed E-state index contributed by atoms with van der Waals surface area (Å²) in [5.74, 6) is -0.0506. The van der Waals surface area contributed by atoms with Crippen LogP contribution in [-0.4, -0.2) is 72.1 Å². The van der Waals surface area contributed by atoms with Crippen LogP contribution in [0.2, 0.25) is 0 Å². The molecule has 1 aromatic rings. The van der Waals surface area contributed by atoms with Crippen molar-refractivity contribution in [2.75, 3.05) is 44.3 Å². The Morgan fingerprint density at radius 2 is 2.08 bits per heavy atom. The highest BCUT2D eigenvalue weighted by molar-refractivity contribution is 6.04. The highest BCUT2D eigenvalue weighted by Crippen LogP contribution is 2.12. The molecular formula is C14H18N6O4. The van der Waals surface area contributed by atoms with Gasteiger partial charge < -0.3 is 20.3 Å². The first-order valence-electron chi connectivity index (χ1n) is 7.62. The van der Waals surface area contributed by atoms with Crippen LogP contribution in [0.1, 0.15) is 5.69 Å². The third-order valence-electron chi connectivity index (χ3n) is 3.75. The van der Waals surface area contributed by atoms with Gasteiger partial charge >= 0.3 is 6.03 Å². The Hall–Kier alpha value is -2.75. The van der Waals surface area contributed by atoms with Crippen LogP contribution < -0.4 is 15.5 Å². The number of carbonyl (C=O) groups excluding carboxylic acids is 3. The van der Waals surface area contributed by atoms with E-state index < -0.39 is 17.8 Å². The summed E-state index contributed by atoms with van der Waals surface area (Å²) in [4.78, 5) is 46.1. The molecule has 0 saturated carbocycles. The molecule has 2 aliphatic rings. The number of nitrogens with zero attached hydrogens (tertiary/aromatic N) is 4. The SMILES string of the molecule is O=C(CN1C(=O)CNC1=O)NCc1cc(N2CCOCC2)ncn1. The van der Waals surface area contributed by atoms with Gasteiger partial charge in [-0.1, -0.05) is 0 Å². The zero-order valence-corrected chi connectivity index (χ0v) is 13.0. The van der Waals surface area contributed by atoms with E-state index in [0.717, 1.165) is 23.8 Å². The number of imide groups is 1. The number of hydrogen-bond donors (Lipinski definition) is 2. The molecule has 0 aromatic carbocycles. The van der Waals surface area contributed by atoms with Crippen molar-refractivity contribution in [2.24, 2.45) is 0 Å². The van der Waals surface area contributed by atoms with Gasteiger partial charge in [0.2, 0.25) is 5.91 Å². The topological polar surface area (TPSA) is 117 Å². The maximum Gasteiger partial charge on any atom is 0.325 e. The number of aromatic nitrogens is 2. The number of hydrogen-bond acceptors (Lipinski definition) is 7. The number of urea groups is 1. The van der Waals surface area contributed by atoms with E-state index in [2.05, 4.69) is 25.5 Å². The number of amides is 4. The second-order valence-electron chi connectivity index (χ2n) is 5.38. The summed E-state index contributed by atoms with van der Waals surface area (Å²) in [5, 5.41) is 5.01. The maximum absolute atomic E-state index is 11.9. The highest BCUT2D eigenvalue weighted by atomic mass is 16.5. The van der Waals surface area contributed by atoms with E-state index >= 15 is 0 Å². The summed E-state index contributed by atoms with van der Waals surface area (Å²) < 4.78 is 5.30. The van der Waals surface area contributed by atoms with Crippen molar-refractivity contribution in [1.82, 2.24) is 25.5 Å². The van der Waals surface area contributed by atoms with Crippen LogP contribution >= 0.6 is 0 Å². The van der Waals surface area contributed by atoms with Crippen LogP contribution in [-0.2, 0) is 20.9 Å². The molecule has 4 amide bonds. The summed E-state index contributed by atoms with van der Waals surface area (Å²) >= 11 is 0. The molecular weight excluding hydrogens is 316 g/mol. The third-order valence-corrected chi connectivity index (χ3v) is 3.75. The van der Waals surface area contributed by atoms with Crippen molar-refractivity contribution >= 4 is 23.7 Å². The summed E-state index contributed by atoms with van der Waals surface area (Å²) in [6.45, 7) is 2.66. The predicted octanol–water partition coefficient (Wildman–Crippen LogP) is -1.52. The minimum Gasteiger partial charge on any atom is -0.378 e. The third kappa shape index (κ3) is 3.77. The van der Waals surface area contributed by atoms with Gasteiger partial charge in [-0.25, -0.2) is 14.8 Å². The van der Waals surface area contributed by atoms with Crippen LogP contribution in [0.25, 0.3) is 0 Å². The average molecular weight is 334 g/mol. The van der Waals surface area contributed by atoms with Crippen molar-refractivity contribution in [3.63, 3.8) is 0 Å². The van der Waals surface area contributed by atoms with Crippen LogP contribution in [0, 0.1) is 0 Å². The van der Waals surface area contributed by atoms with Crippen molar-refractivity contribution in [3.05, 3.63) is 18.1 Å². The van der Waals surface area contributed by atoms with E-state index in [-0.39, 0.29) is 19.6 Å². The Morgan fingerprint density at radius 3 is 2.79 bits per heavy atom. The van der Waals surface area contributed by atoms with Crippen LogP contribution in [0.15, 0.2) is 12.4 Å². The molecule has 10 heteroatoms. The molecule has 0 spiro atoms. The number of morpholine rings is 1. The minimum absolute atomic E-state index is 0.0685. The van der Waals surface area contributed by atoms with Crippen LogP contribution in [0.4, 0.5) is 10.6 Å². The molecule has 0 bridgehead atoms. The maximum atomic E-state index is 11.9. The molecule has 0 unspecified atom stereocenters. The Labute approximate surface area is 138 Å². The number of nitrogens with one attached hydrogen (secondary N) is 2. The second-order valence-corrected chi connectivity index (χ2v) is 5.38. The molecule has 3 rings (SSSR count). The lowest BCUT2D eigenvalue weighted by atomic mass is 10.3. The van der Waals surface area contributed by atoms with E-state index in [9.17, 15) is 14.4 Å². The monoisotopic (exact) mass is 334 g/mol. The second kappa shape index (κ2) is 7.21. The first kappa shape index (κ1) is 16.1. The highest BCUT2D eigenvalue weighted by Gasteiger charge is 2.30. The first-order chi connectivity index (χ1) is 11.6. The average Bonchev–Trinajstić information content (AvgIpc) is 2.93. The van der Waals surface area contributed by atoms with Gasteiger partial charge in [0.05, 0.1) is 32.0 Å². The standard InChI is InChI=1S/C14H18N6O4/c21-12(8-20-13(22)7-16-14(20)23)15-6-10-5-11(18-9-17-10)19-1-3-24-4-2-19/h5,9H,1-4,6-8H2,(H,15,21)(H,16,23). The number of ether oxygens (including phenoxy) is 1. The smallest absolute Gasteiger partial charge is 0.325 e. The lowest BCUT2D eigenvalue weighted by Crippen LogP contribution is -2.40. The quantitative estimate of drug-likeness (QED) is 0.628. The van der Waals surface area contributed by atoms with Gasteiger partial charge in [-0.15, -0.1) is 0 Å². The summed E-state index contributed by atoms with van der Waals surface area (Å²) in [6, 6.07) is 1.26. The van der Waals surface area contributed by atoms with Gasteiger partial charge in [-0.3, -0.25) is 14.5 Å². The zero-order chi connectivity index (χ0) is 16.9. The van der Waals surface area contributed by atoms with Crippen molar-refractivity contribution in [2.45, 2.75) is 6.54 Å². The van der Waals surface area contributed by atoms with Crippen LogP contribution in [0.3, 0.4) is 0 Å². The lowest BCUT2D eigenvalue weighted by molar-refractivity contribution is -0.130. The molecule has 0 aliphatic carbocycles. The molecule has 2 aliphatic heterocycles. The fraction of sp³-hybridized carbons (Fsp3) is 0.500. The van der Waals surface area contributed by atoms with Gasteiger partial charge in [0.15, 0.2) is 0 Å². The molecule has 24 heavy (non-hydrogen) atoms. The lowest BCUT2D eigenvalue weighted by Gasteiger charge is -2.27. The van der Waals surface area contributed by atoms with Gasteiger partial charge in [0, 0.05) is 19.2 Å². The van der Waals surface area contributed by atoms with Gasteiger partial charge in [0.1, 0.15) is 18.7 Å². The van der Waals surface area contributed by atoms with Crippen molar-refractivity contribution < 1.29 is 19.1 Å². The van der Waals surface area contributed by atoms with Gasteiger partial charge in [0.25, 0.3) is 5.91 Å². The molecule has 128 valence electrons. The number of carbonyl (C=O) groups is 3. The van der Waals surface area contributed by atoms with E-state index in [1.54, 1.807) is 6.07 Å². The summed E-state index contributed by atoms with van der Waals surface area (Å²) in [7, 11) is 0. The van der Waals surface area contributed by atoms with Gasteiger partial charge in [-0.2, -0.15) is 0 Å².